The Morgan fingerprint density at radius 1 is 1.06 bits per heavy atom. The van der Waals surface area contributed by atoms with E-state index in [0.717, 1.165) is 0 Å². The highest BCUT2D eigenvalue weighted by atomic mass is 19.1. The molecule has 8 nitrogen and oxygen atoms in total. The average Bonchev–Trinajstić information content (AvgIpc) is 3.13. The molecule has 0 bridgehead atoms. The first-order valence-electron chi connectivity index (χ1n) is 10.2. The summed E-state index contributed by atoms with van der Waals surface area (Å²) in [7, 11) is 0. The van der Waals surface area contributed by atoms with E-state index in [-0.39, 0.29) is 12.2 Å². The summed E-state index contributed by atoms with van der Waals surface area (Å²) < 4.78 is 25.4. The molecular weight excluding hydrogens is 403 g/mol. The molecule has 0 radical (unpaired) electrons. The molecule has 2 atom stereocenters. The van der Waals surface area contributed by atoms with Gasteiger partial charge in [-0.25, -0.2) is 14.0 Å². The fraction of sp³-hybridized carbons (Fsp3) is 0.364. The third-order valence-electron chi connectivity index (χ3n) is 5.14. The van der Waals surface area contributed by atoms with E-state index >= 15 is 0 Å². The number of cyclic esters (lactones) is 1. The van der Waals surface area contributed by atoms with Gasteiger partial charge in [-0.15, -0.1) is 0 Å². The van der Waals surface area contributed by atoms with Crippen LogP contribution in [-0.4, -0.2) is 50.6 Å². The van der Waals surface area contributed by atoms with E-state index in [2.05, 4.69) is 10.6 Å². The van der Waals surface area contributed by atoms with E-state index in [4.69, 9.17) is 9.47 Å². The van der Waals surface area contributed by atoms with Crippen LogP contribution in [0.25, 0.3) is 0 Å². The minimum Gasteiger partial charge on any atom is -0.447 e. The molecule has 3 amide bonds. The monoisotopic (exact) mass is 428 g/mol. The van der Waals surface area contributed by atoms with Gasteiger partial charge in [-0.2, -0.15) is 0 Å². The number of ether oxygens (including phenoxy) is 2. The van der Waals surface area contributed by atoms with Crippen LogP contribution in [0.5, 0.6) is 0 Å². The van der Waals surface area contributed by atoms with Crippen molar-refractivity contribution in [3.8, 4) is 0 Å². The molecule has 4 rings (SSSR count). The average molecular weight is 428 g/mol. The van der Waals surface area contributed by atoms with E-state index in [1.54, 1.807) is 36.4 Å². The zero-order valence-corrected chi connectivity index (χ0v) is 17.4. The Labute approximate surface area is 179 Å². The summed E-state index contributed by atoms with van der Waals surface area (Å²) in [5.74, 6) is -0.409. The number of morpholine rings is 1. The number of hydrogen-bond donors (Lipinski definition) is 2. The van der Waals surface area contributed by atoms with Crippen LogP contribution in [0.3, 0.4) is 0 Å². The molecule has 2 heterocycles. The summed E-state index contributed by atoms with van der Waals surface area (Å²) in [5, 5.41) is 5.34. The predicted molar refractivity (Wildman–Crippen MR) is 116 cm³/mol. The molecular formula is C22H25FN4O4. The summed E-state index contributed by atoms with van der Waals surface area (Å²) in [5.41, 5.74) is 1.96. The molecule has 164 valence electrons. The van der Waals surface area contributed by atoms with Gasteiger partial charge in [0.2, 0.25) is 0 Å². The number of anilines is 4. The molecule has 0 spiro atoms. The highest BCUT2D eigenvalue weighted by Gasteiger charge is 2.25. The van der Waals surface area contributed by atoms with Gasteiger partial charge in [0.15, 0.2) is 0 Å². The van der Waals surface area contributed by atoms with Crippen molar-refractivity contribution in [3.63, 3.8) is 0 Å². The van der Waals surface area contributed by atoms with Gasteiger partial charge in [-0.05, 0) is 50.2 Å². The maximum atomic E-state index is 14.7. The lowest BCUT2D eigenvalue weighted by molar-refractivity contribution is -0.00539. The number of hydrogen-bond acceptors (Lipinski definition) is 5. The molecule has 31 heavy (non-hydrogen) atoms. The first-order valence-corrected chi connectivity index (χ1v) is 10.2. The Balaban J connectivity index is 1.40. The first kappa shape index (κ1) is 20.9. The topological polar surface area (TPSA) is 83.1 Å². The summed E-state index contributed by atoms with van der Waals surface area (Å²) in [4.78, 5) is 27.5. The molecule has 2 aromatic carbocycles. The number of urea groups is 1. The minimum absolute atomic E-state index is 0.0184. The number of carbonyl (C=O) groups is 2. The maximum absolute atomic E-state index is 14.7. The van der Waals surface area contributed by atoms with Crippen molar-refractivity contribution in [1.29, 1.82) is 0 Å². The van der Waals surface area contributed by atoms with Crippen molar-refractivity contribution < 1.29 is 23.5 Å². The van der Waals surface area contributed by atoms with Crippen molar-refractivity contribution in [3.05, 3.63) is 48.3 Å². The van der Waals surface area contributed by atoms with E-state index in [0.29, 0.717) is 49.0 Å². The molecule has 2 aromatic rings. The second kappa shape index (κ2) is 8.81. The highest BCUT2D eigenvalue weighted by Crippen LogP contribution is 2.27. The molecule has 2 saturated heterocycles. The number of nitrogens with zero attached hydrogens (tertiary/aromatic N) is 2. The maximum Gasteiger partial charge on any atom is 0.414 e. The largest absolute Gasteiger partial charge is 0.447 e. The quantitative estimate of drug-likeness (QED) is 0.768. The van der Waals surface area contributed by atoms with Crippen molar-refractivity contribution in [2.24, 2.45) is 0 Å². The second-order valence-electron chi connectivity index (χ2n) is 7.72. The van der Waals surface area contributed by atoms with Gasteiger partial charge in [0.05, 0.1) is 24.4 Å². The molecule has 0 saturated carbocycles. The van der Waals surface area contributed by atoms with E-state index in [1.165, 1.54) is 11.0 Å². The number of benzene rings is 2. The van der Waals surface area contributed by atoms with Crippen LogP contribution in [0.15, 0.2) is 42.5 Å². The van der Waals surface area contributed by atoms with Gasteiger partial charge in [-0.3, -0.25) is 4.90 Å². The smallest absolute Gasteiger partial charge is 0.414 e. The van der Waals surface area contributed by atoms with Crippen LogP contribution < -0.4 is 20.4 Å². The first-order chi connectivity index (χ1) is 14.9. The summed E-state index contributed by atoms with van der Waals surface area (Å²) >= 11 is 0. The lowest BCUT2D eigenvalue weighted by Crippen LogP contribution is -2.45. The van der Waals surface area contributed by atoms with Crippen molar-refractivity contribution in [2.45, 2.75) is 26.1 Å². The zero-order valence-electron chi connectivity index (χ0n) is 17.4. The third-order valence-corrected chi connectivity index (χ3v) is 5.14. The number of carbonyl (C=O) groups excluding carboxylic acids is 2. The summed E-state index contributed by atoms with van der Waals surface area (Å²) in [6.07, 6.45) is -0.379. The van der Waals surface area contributed by atoms with Crippen molar-refractivity contribution in [2.75, 3.05) is 46.7 Å². The van der Waals surface area contributed by atoms with Crippen LogP contribution >= 0.6 is 0 Å². The number of halogens is 1. The highest BCUT2D eigenvalue weighted by molar-refractivity contribution is 6.00. The molecule has 9 heteroatoms. The normalized spacial score (nSPS) is 21.1. The Hall–Kier alpha value is -3.33. The predicted octanol–water partition coefficient (Wildman–Crippen LogP) is 4.04. The van der Waals surface area contributed by atoms with Crippen molar-refractivity contribution in [1.82, 2.24) is 0 Å². The minimum atomic E-state index is -0.512. The SMILES string of the molecule is C[C@@H]1CN(c2ccc(NC(=O)Nc3cccc(N4CCOC4=O)c3)cc2F)C[C@@H](C)O1. The summed E-state index contributed by atoms with van der Waals surface area (Å²) in [6, 6.07) is 11.0. The zero-order chi connectivity index (χ0) is 22.0. The van der Waals surface area contributed by atoms with Gasteiger partial charge in [0.25, 0.3) is 0 Å². The number of amides is 3. The van der Waals surface area contributed by atoms with Crippen molar-refractivity contribution >= 4 is 34.9 Å². The molecule has 0 aliphatic carbocycles. The molecule has 2 N–H and O–H groups in total. The fourth-order valence-corrected chi connectivity index (χ4v) is 3.89. The Bertz CT molecular complexity index is 976. The molecule has 0 unspecified atom stereocenters. The molecule has 0 aromatic heterocycles. The van der Waals surface area contributed by atoms with Crippen LogP contribution in [0.2, 0.25) is 0 Å². The van der Waals surface area contributed by atoms with Gasteiger partial charge in [0.1, 0.15) is 12.4 Å². The second-order valence-corrected chi connectivity index (χ2v) is 7.72. The standard InChI is InChI=1S/C22H25FN4O4/c1-14-12-26(13-15(2)31-14)20-7-6-17(11-19(20)23)25-21(28)24-16-4-3-5-18(10-16)27-8-9-30-22(27)29/h3-7,10-11,14-15H,8-9,12-13H2,1-2H3,(H2,24,25,28)/t14-,15-/m1/s1. The van der Waals surface area contributed by atoms with Gasteiger partial charge in [0, 0.05) is 30.2 Å². The lowest BCUT2D eigenvalue weighted by Gasteiger charge is -2.37. The Kier molecular flexibility index (Phi) is 5.94. The molecule has 2 aliphatic heterocycles. The van der Waals surface area contributed by atoms with Crippen LogP contribution in [0, 0.1) is 5.82 Å². The number of rotatable bonds is 4. The van der Waals surface area contributed by atoms with Gasteiger partial charge >= 0.3 is 12.1 Å². The van der Waals surface area contributed by atoms with Crippen LogP contribution in [0.1, 0.15) is 13.8 Å². The van der Waals surface area contributed by atoms with Gasteiger partial charge < -0.3 is 25.0 Å². The van der Waals surface area contributed by atoms with E-state index in [1.807, 2.05) is 18.7 Å². The molecule has 2 aliphatic rings. The fourth-order valence-electron chi connectivity index (χ4n) is 3.89. The Morgan fingerprint density at radius 3 is 2.42 bits per heavy atom. The number of nitrogens with one attached hydrogen (secondary N) is 2. The third kappa shape index (κ3) is 4.88. The van der Waals surface area contributed by atoms with Crippen LogP contribution in [-0.2, 0) is 9.47 Å². The lowest BCUT2D eigenvalue weighted by atomic mass is 10.2. The van der Waals surface area contributed by atoms with E-state index < -0.39 is 17.9 Å². The summed E-state index contributed by atoms with van der Waals surface area (Å²) in [6.45, 7) is 5.93. The van der Waals surface area contributed by atoms with E-state index in [9.17, 15) is 14.0 Å². The van der Waals surface area contributed by atoms with Gasteiger partial charge in [-0.1, -0.05) is 6.07 Å². The molecule has 2 fully saturated rings. The Morgan fingerprint density at radius 2 is 1.77 bits per heavy atom. The van der Waals surface area contributed by atoms with Crippen LogP contribution in [0.4, 0.5) is 36.7 Å².